The number of anilines is 1. The average Bonchev–Trinajstić information content (AvgIpc) is 3.07. The van der Waals surface area contributed by atoms with Crippen LogP contribution in [0.15, 0.2) is 73.1 Å². The summed E-state index contributed by atoms with van der Waals surface area (Å²) >= 11 is 0. The summed E-state index contributed by atoms with van der Waals surface area (Å²) in [6.07, 6.45) is 2.99. The van der Waals surface area contributed by atoms with Crippen LogP contribution in [0.4, 0.5) is 10.1 Å². The van der Waals surface area contributed by atoms with Crippen LogP contribution in [0.25, 0.3) is 0 Å². The van der Waals surface area contributed by atoms with Crippen LogP contribution in [0.1, 0.15) is 27.9 Å². The summed E-state index contributed by atoms with van der Waals surface area (Å²) in [6, 6.07) is 15.0. The third-order valence-corrected chi connectivity index (χ3v) is 5.23. The van der Waals surface area contributed by atoms with E-state index in [-0.39, 0.29) is 18.5 Å². The molecule has 3 aromatic rings. The van der Waals surface area contributed by atoms with Crippen molar-refractivity contribution in [2.45, 2.75) is 25.9 Å². The number of carbonyl (C=O) groups excluding carboxylic acids is 3. The van der Waals surface area contributed by atoms with Gasteiger partial charge in [0.2, 0.25) is 5.91 Å². The van der Waals surface area contributed by atoms with Crippen LogP contribution in [0.5, 0.6) is 0 Å². The van der Waals surface area contributed by atoms with Gasteiger partial charge in [-0.25, -0.2) is 9.29 Å². The Hall–Kier alpha value is -3.87. The van der Waals surface area contributed by atoms with Crippen molar-refractivity contribution in [3.8, 4) is 0 Å². The highest BCUT2D eigenvalue weighted by atomic mass is 19.1. The Kier molecular flexibility index (Phi) is 5.58. The van der Waals surface area contributed by atoms with Gasteiger partial charge in [0, 0.05) is 18.9 Å². The molecule has 3 amide bonds. The Balaban J connectivity index is 1.70. The number of hydrogen-bond acceptors (Lipinski definition) is 4. The zero-order valence-corrected chi connectivity index (χ0v) is 16.9. The van der Waals surface area contributed by atoms with Crippen molar-refractivity contribution in [3.63, 3.8) is 0 Å². The first-order chi connectivity index (χ1) is 15.0. The molecule has 1 saturated heterocycles. The number of benzene rings is 2. The predicted octanol–water partition coefficient (Wildman–Crippen LogP) is 3.50. The Morgan fingerprint density at radius 1 is 1.10 bits per heavy atom. The number of nitrogens with zero attached hydrogens (tertiary/aromatic N) is 3. The van der Waals surface area contributed by atoms with Crippen LogP contribution in [-0.4, -0.2) is 33.6 Å². The van der Waals surface area contributed by atoms with Crippen LogP contribution in [-0.2, 0) is 16.1 Å². The van der Waals surface area contributed by atoms with Crippen LogP contribution < -0.4 is 4.90 Å². The largest absolute Gasteiger partial charge is 0.322 e. The summed E-state index contributed by atoms with van der Waals surface area (Å²) in [4.78, 5) is 45.7. The van der Waals surface area contributed by atoms with Crippen molar-refractivity contribution in [2.24, 2.45) is 0 Å². The minimum Gasteiger partial charge on any atom is -0.322 e. The average molecular weight is 417 g/mol. The second-order valence-corrected chi connectivity index (χ2v) is 7.40. The van der Waals surface area contributed by atoms with Gasteiger partial charge < -0.3 is 4.90 Å². The lowest BCUT2D eigenvalue weighted by atomic mass is 10.1. The second-order valence-electron chi connectivity index (χ2n) is 7.40. The van der Waals surface area contributed by atoms with Crippen molar-refractivity contribution in [3.05, 3.63) is 95.6 Å². The van der Waals surface area contributed by atoms with Crippen molar-refractivity contribution in [2.75, 3.05) is 4.90 Å². The lowest BCUT2D eigenvalue weighted by Crippen LogP contribution is -2.45. The number of rotatable bonds is 5. The maximum absolute atomic E-state index is 14.4. The van der Waals surface area contributed by atoms with Crippen molar-refractivity contribution in [1.29, 1.82) is 0 Å². The molecule has 1 aliphatic heterocycles. The molecule has 1 aromatic heterocycles. The monoisotopic (exact) mass is 417 g/mol. The SMILES string of the molecule is Cc1ccc(N2C(=O)CC(N(Cc3cccnc3)C(=O)c3ccccc3F)C2=O)cc1. The quantitative estimate of drug-likeness (QED) is 0.596. The summed E-state index contributed by atoms with van der Waals surface area (Å²) in [7, 11) is 0. The molecule has 1 unspecified atom stereocenters. The van der Waals surface area contributed by atoms with E-state index in [1.807, 2.05) is 6.92 Å². The van der Waals surface area contributed by atoms with Crippen molar-refractivity contribution < 1.29 is 18.8 Å². The molecule has 1 aliphatic rings. The Morgan fingerprint density at radius 2 is 1.84 bits per heavy atom. The standard InChI is InChI=1S/C24H20FN3O3/c1-16-8-10-18(11-9-16)28-22(29)13-21(24(28)31)27(15-17-5-4-12-26-14-17)23(30)19-6-2-3-7-20(19)25/h2-12,14,21H,13,15H2,1H3. The third kappa shape index (κ3) is 4.07. The predicted molar refractivity (Wildman–Crippen MR) is 113 cm³/mol. The summed E-state index contributed by atoms with van der Waals surface area (Å²) in [5, 5.41) is 0. The Morgan fingerprint density at radius 3 is 2.52 bits per heavy atom. The summed E-state index contributed by atoms with van der Waals surface area (Å²) in [5.74, 6) is -2.26. The van der Waals surface area contributed by atoms with E-state index >= 15 is 0 Å². The van der Waals surface area contributed by atoms with Gasteiger partial charge in [0.25, 0.3) is 11.8 Å². The third-order valence-electron chi connectivity index (χ3n) is 5.23. The molecule has 0 saturated carbocycles. The molecule has 0 bridgehead atoms. The van der Waals surface area contributed by atoms with Crippen LogP contribution in [0.3, 0.4) is 0 Å². The number of imide groups is 1. The van der Waals surface area contributed by atoms with Gasteiger partial charge in [0.1, 0.15) is 11.9 Å². The smallest absolute Gasteiger partial charge is 0.257 e. The molecule has 0 aliphatic carbocycles. The normalized spacial score (nSPS) is 15.9. The lowest BCUT2D eigenvalue weighted by molar-refractivity contribution is -0.122. The first-order valence-electron chi connectivity index (χ1n) is 9.83. The van der Waals surface area contributed by atoms with Gasteiger partial charge in [0.15, 0.2) is 0 Å². The van der Waals surface area contributed by atoms with E-state index < -0.39 is 29.6 Å². The van der Waals surface area contributed by atoms with Crippen LogP contribution in [0, 0.1) is 12.7 Å². The molecule has 0 radical (unpaired) electrons. The first-order valence-corrected chi connectivity index (χ1v) is 9.83. The molecule has 31 heavy (non-hydrogen) atoms. The van der Waals surface area contributed by atoms with Gasteiger partial charge >= 0.3 is 0 Å². The number of halogens is 1. The molecule has 1 atom stereocenters. The Bertz CT molecular complexity index is 1130. The van der Waals surface area contributed by atoms with E-state index in [0.717, 1.165) is 10.5 Å². The maximum Gasteiger partial charge on any atom is 0.257 e. The number of pyridine rings is 1. The van der Waals surface area contributed by atoms with E-state index in [0.29, 0.717) is 11.3 Å². The molecular formula is C24H20FN3O3. The van der Waals surface area contributed by atoms with Crippen molar-refractivity contribution >= 4 is 23.4 Å². The van der Waals surface area contributed by atoms with Gasteiger partial charge in [0.05, 0.1) is 17.7 Å². The summed E-state index contributed by atoms with van der Waals surface area (Å²) < 4.78 is 14.4. The van der Waals surface area contributed by atoms with Gasteiger partial charge in [-0.3, -0.25) is 19.4 Å². The summed E-state index contributed by atoms with van der Waals surface area (Å²) in [6.45, 7) is 1.93. The maximum atomic E-state index is 14.4. The second kappa shape index (κ2) is 8.47. The molecule has 0 N–H and O–H groups in total. The number of carbonyl (C=O) groups is 3. The fourth-order valence-electron chi connectivity index (χ4n) is 3.63. The number of aromatic nitrogens is 1. The number of aryl methyl sites for hydroxylation is 1. The van der Waals surface area contributed by atoms with Gasteiger partial charge in [-0.05, 0) is 42.8 Å². The minimum atomic E-state index is -1.04. The van der Waals surface area contributed by atoms with E-state index in [1.165, 1.54) is 23.1 Å². The van der Waals surface area contributed by atoms with E-state index in [1.54, 1.807) is 54.9 Å². The fraction of sp³-hybridized carbons (Fsp3) is 0.167. The first kappa shape index (κ1) is 20.4. The zero-order valence-electron chi connectivity index (χ0n) is 16.9. The van der Waals surface area contributed by atoms with Crippen LogP contribution in [0.2, 0.25) is 0 Å². The molecule has 0 spiro atoms. The molecular weight excluding hydrogens is 397 g/mol. The number of amides is 3. The highest BCUT2D eigenvalue weighted by Crippen LogP contribution is 2.28. The van der Waals surface area contributed by atoms with E-state index in [4.69, 9.17) is 0 Å². The molecule has 4 rings (SSSR count). The molecule has 1 fully saturated rings. The molecule has 7 heteroatoms. The summed E-state index contributed by atoms with van der Waals surface area (Å²) in [5.41, 5.74) is 1.96. The van der Waals surface area contributed by atoms with Crippen LogP contribution >= 0.6 is 0 Å². The Labute approximate surface area is 178 Å². The fourth-order valence-corrected chi connectivity index (χ4v) is 3.63. The van der Waals surface area contributed by atoms with E-state index in [9.17, 15) is 18.8 Å². The molecule has 156 valence electrons. The molecule has 6 nitrogen and oxygen atoms in total. The molecule has 2 heterocycles. The van der Waals surface area contributed by atoms with Gasteiger partial charge in [-0.15, -0.1) is 0 Å². The van der Waals surface area contributed by atoms with Gasteiger partial charge in [-0.2, -0.15) is 0 Å². The minimum absolute atomic E-state index is 0.0203. The highest BCUT2D eigenvalue weighted by Gasteiger charge is 2.44. The molecule has 2 aromatic carbocycles. The lowest BCUT2D eigenvalue weighted by Gasteiger charge is -2.28. The van der Waals surface area contributed by atoms with Gasteiger partial charge in [-0.1, -0.05) is 35.9 Å². The zero-order chi connectivity index (χ0) is 22.0. The number of hydrogen-bond donors (Lipinski definition) is 0. The topological polar surface area (TPSA) is 70.6 Å². The van der Waals surface area contributed by atoms with E-state index in [2.05, 4.69) is 4.98 Å². The van der Waals surface area contributed by atoms with Crippen molar-refractivity contribution in [1.82, 2.24) is 9.88 Å². The highest BCUT2D eigenvalue weighted by molar-refractivity contribution is 6.23.